The molecule has 3 aliphatic heterocycles. The summed E-state index contributed by atoms with van der Waals surface area (Å²) in [6.45, 7) is 3.97. The summed E-state index contributed by atoms with van der Waals surface area (Å²) in [5.74, 6) is 0.164. The minimum absolute atomic E-state index is 0.00473. The third-order valence-electron chi connectivity index (χ3n) is 7.88. The van der Waals surface area contributed by atoms with E-state index in [-0.39, 0.29) is 29.3 Å². The quantitative estimate of drug-likeness (QED) is 0.308. The maximum Gasteiger partial charge on any atom is 0.269 e. The van der Waals surface area contributed by atoms with E-state index in [1.54, 1.807) is 23.9 Å². The lowest BCUT2D eigenvalue weighted by Gasteiger charge is -2.36. The third-order valence-corrected chi connectivity index (χ3v) is 8.92. The Morgan fingerprint density at radius 3 is 2.44 bits per heavy atom. The number of anilines is 1. The fraction of sp³-hybridized carbons (Fsp3) is 0.286. The van der Waals surface area contributed by atoms with Gasteiger partial charge in [0, 0.05) is 52.5 Å². The van der Waals surface area contributed by atoms with Gasteiger partial charge in [0.2, 0.25) is 5.91 Å². The number of hydrogen-bond donors (Lipinski definition) is 1. The Kier molecular flexibility index (Phi) is 5.28. The molecule has 7 nitrogen and oxygen atoms in total. The molecule has 182 valence electrons. The maximum absolute atomic E-state index is 14.4. The molecule has 1 N–H and O–H groups in total. The van der Waals surface area contributed by atoms with E-state index in [1.165, 1.54) is 12.1 Å². The van der Waals surface area contributed by atoms with Crippen molar-refractivity contribution in [3.05, 3.63) is 105 Å². The summed E-state index contributed by atoms with van der Waals surface area (Å²) in [4.78, 5) is 41.5. The summed E-state index contributed by atoms with van der Waals surface area (Å²) < 4.78 is 0. The largest absolute Gasteiger partial charge is 0.324 e. The lowest BCUT2D eigenvalue weighted by molar-refractivity contribution is -0.384. The zero-order valence-corrected chi connectivity index (χ0v) is 20.7. The van der Waals surface area contributed by atoms with Gasteiger partial charge in [-0.15, -0.1) is 11.8 Å². The molecule has 0 unspecified atom stereocenters. The Hall–Kier alpha value is -3.49. The summed E-state index contributed by atoms with van der Waals surface area (Å²) in [5, 5.41) is 14.4. The fourth-order valence-electron chi connectivity index (χ4n) is 6.28. The Bertz CT molecular complexity index is 1410. The van der Waals surface area contributed by atoms with Crippen molar-refractivity contribution < 1.29 is 14.5 Å². The monoisotopic (exact) mass is 499 g/mol. The lowest BCUT2D eigenvalue weighted by Crippen LogP contribution is -2.52. The maximum atomic E-state index is 14.4. The first-order chi connectivity index (χ1) is 17.3. The van der Waals surface area contributed by atoms with Gasteiger partial charge in [0.05, 0.1) is 10.8 Å². The number of ketones is 1. The zero-order chi connectivity index (χ0) is 25.2. The first kappa shape index (κ1) is 22.9. The van der Waals surface area contributed by atoms with Gasteiger partial charge in [-0.1, -0.05) is 59.7 Å². The van der Waals surface area contributed by atoms with Crippen LogP contribution in [0.2, 0.25) is 0 Å². The van der Waals surface area contributed by atoms with Crippen LogP contribution < -0.4 is 5.32 Å². The second kappa shape index (κ2) is 8.28. The molecule has 0 aromatic heterocycles. The first-order valence-corrected chi connectivity index (χ1v) is 13.1. The fourth-order valence-corrected chi connectivity index (χ4v) is 7.60. The van der Waals surface area contributed by atoms with E-state index in [2.05, 4.69) is 10.2 Å². The van der Waals surface area contributed by atoms with Gasteiger partial charge in [0.1, 0.15) is 5.54 Å². The molecule has 3 aromatic rings. The second-order valence-corrected chi connectivity index (χ2v) is 10.9. The van der Waals surface area contributed by atoms with Crippen LogP contribution >= 0.6 is 11.8 Å². The summed E-state index contributed by atoms with van der Waals surface area (Å²) >= 11 is 1.75. The molecule has 1 amide bonds. The first-order valence-electron chi connectivity index (χ1n) is 11.9. The summed E-state index contributed by atoms with van der Waals surface area (Å²) in [6.07, 6.45) is 0. The highest BCUT2D eigenvalue weighted by molar-refractivity contribution is 7.99. The van der Waals surface area contributed by atoms with Crippen LogP contribution in [0.3, 0.4) is 0 Å². The number of nitro benzene ring substituents is 1. The van der Waals surface area contributed by atoms with E-state index in [0.717, 1.165) is 33.7 Å². The van der Waals surface area contributed by atoms with E-state index >= 15 is 0 Å². The van der Waals surface area contributed by atoms with Crippen molar-refractivity contribution >= 4 is 34.8 Å². The molecule has 0 radical (unpaired) electrons. The highest BCUT2D eigenvalue weighted by Crippen LogP contribution is 2.61. The average Bonchev–Trinajstić information content (AvgIpc) is 3.52. The van der Waals surface area contributed by atoms with Crippen molar-refractivity contribution in [2.45, 2.75) is 31.3 Å². The van der Waals surface area contributed by atoms with Crippen molar-refractivity contribution in [1.29, 1.82) is 0 Å². The van der Waals surface area contributed by atoms with Gasteiger partial charge >= 0.3 is 0 Å². The van der Waals surface area contributed by atoms with Crippen molar-refractivity contribution in [1.82, 2.24) is 4.90 Å². The van der Waals surface area contributed by atoms with Crippen molar-refractivity contribution in [2.75, 3.05) is 16.9 Å². The molecule has 0 saturated carbocycles. The molecular weight excluding hydrogens is 474 g/mol. The topological polar surface area (TPSA) is 92.5 Å². The molecule has 36 heavy (non-hydrogen) atoms. The molecular formula is C28H25N3O4S. The third kappa shape index (κ3) is 3.17. The minimum Gasteiger partial charge on any atom is -0.324 e. The molecule has 6 rings (SSSR count). The molecule has 3 aliphatic rings. The van der Waals surface area contributed by atoms with Crippen LogP contribution in [0.1, 0.15) is 38.5 Å². The summed E-state index contributed by atoms with van der Waals surface area (Å²) in [5.41, 5.74) is 3.93. The van der Waals surface area contributed by atoms with Gasteiger partial charge in [0.25, 0.3) is 5.69 Å². The van der Waals surface area contributed by atoms with Gasteiger partial charge in [-0.2, -0.15) is 0 Å². The standard InChI is InChI=1S/C28H25N3O4S/c1-16-3-6-19(7-4-16)26(32)25-24(18-8-10-20(11-9-18)31(34)35)23-14-36-15-30(23)28(25)21-13-17(2)5-12-22(21)29-27(28)33/h3-13,23-25H,14-15H2,1-2H3,(H,29,33)/t23-,24-,25+,28-/m0/s1. The number of thioether (sulfide) groups is 1. The summed E-state index contributed by atoms with van der Waals surface area (Å²) in [6, 6.07) is 19.8. The number of nitro groups is 1. The Morgan fingerprint density at radius 2 is 1.75 bits per heavy atom. The molecule has 4 atom stereocenters. The van der Waals surface area contributed by atoms with Crippen LogP contribution in [0.15, 0.2) is 66.7 Å². The molecule has 3 heterocycles. The van der Waals surface area contributed by atoms with Gasteiger partial charge in [-0.05, 0) is 25.5 Å². The molecule has 2 fully saturated rings. The van der Waals surface area contributed by atoms with Crippen molar-refractivity contribution in [3.63, 3.8) is 0 Å². The van der Waals surface area contributed by atoms with Crippen LogP contribution in [0.4, 0.5) is 11.4 Å². The van der Waals surface area contributed by atoms with Crippen molar-refractivity contribution in [2.24, 2.45) is 5.92 Å². The predicted octanol–water partition coefficient (Wildman–Crippen LogP) is 5.03. The Morgan fingerprint density at radius 1 is 1.06 bits per heavy atom. The van der Waals surface area contributed by atoms with Crippen LogP contribution in [0.25, 0.3) is 0 Å². The van der Waals surface area contributed by atoms with E-state index in [4.69, 9.17) is 0 Å². The molecule has 0 bridgehead atoms. The number of rotatable bonds is 4. The average molecular weight is 500 g/mol. The summed E-state index contributed by atoms with van der Waals surface area (Å²) in [7, 11) is 0. The number of nitrogens with zero attached hydrogens (tertiary/aromatic N) is 2. The highest BCUT2D eigenvalue weighted by Gasteiger charge is 2.69. The number of non-ortho nitro benzene ring substituents is 1. The van der Waals surface area contributed by atoms with Crippen LogP contribution in [0, 0.1) is 29.9 Å². The van der Waals surface area contributed by atoms with Gasteiger partial charge in [-0.25, -0.2) is 0 Å². The van der Waals surface area contributed by atoms with E-state index in [1.807, 2.05) is 56.3 Å². The number of Topliss-reactive ketones (excluding diaryl/α,β-unsaturated/α-hetero) is 1. The smallest absolute Gasteiger partial charge is 0.269 e. The number of fused-ring (bicyclic) bond motifs is 4. The van der Waals surface area contributed by atoms with Gasteiger partial charge < -0.3 is 5.32 Å². The Balaban J connectivity index is 1.59. The number of carbonyl (C=O) groups is 2. The second-order valence-electron chi connectivity index (χ2n) is 9.89. The number of nitrogens with one attached hydrogen (secondary N) is 1. The zero-order valence-electron chi connectivity index (χ0n) is 19.9. The number of benzene rings is 3. The molecule has 1 spiro atoms. The van der Waals surface area contributed by atoms with Crippen LogP contribution in [0.5, 0.6) is 0 Å². The van der Waals surface area contributed by atoms with E-state index in [0.29, 0.717) is 11.4 Å². The molecule has 0 aliphatic carbocycles. The SMILES string of the molecule is Cc1ccc(C(=O)[C@H]2[C@@H](c3ccc([N+](=O)[O-])cc3)[C@@H]3CSCN3[C@]23C(=O)Nc2ccc(C)cc23)cc1. The normalized spacial score (nSPS) is 26.6. The molecule has 3 aromatic carbocycles. The van der Waals surface area contributed by atoms with Crippen LogP contribution in [-0.4, -0.2) is 39.2 Å². The highest BCUT2D eigenvalue weighted by atomic mass is 32.2. The van der Waals surface area contributed by atoms with E-state index in [9.17, 15) is 19.7 Å². The lowest BCUT2D eigenvalue weighted by atomic mass is 9.69. The number of amides is 1. The van der Waals surface area contributed by atoms with E-state index < -0.39 is 16.4 Å². The van der Waals surface area contributed by atoms with Gasteiger partial charge in [0.15, 0.2) is 5.78 Å². The Labute approximate surface area is 213 Å². The van der Waals surface area contributed by atoms with Crippen LogP contribution in [-0.2, 0) is 10.3 Å². The number of hydrogen-bond acceptors (Lipinski definition) is 6. The molecule has 2 saturated heterocycles. The minimum atomic E-state index is -1.15. The number of aryl methyl sites for hydroxylation is 2. The van der Waals surface area contributed by atoms with Gasteiger partial charge in [-0.3, -0.25) is 24.6 Å². The van der Waals surface area contributed by atoms with Crippen molar-refractivity contribution in [3.8, 4) is 0 Å². The molecule has 8 heteroatoms. The number of carbonyl (C=O) groups excluding carboxylic acids is 2. The predicted molar refractivity (Wildman–Crippen MR) is 139 cm³/mol.